The van der Waals surface area contributed by atoms with Crippen molar-refractivity contribution in [1.82, 2.24) is 0 Å². The maximum Gasteiger partial charge on any atom is 0.495 e. The molecule has 0 saturated heterocycles. The molecular weight excluding hydrogens is 240 g/mol. The molecule has 0 fully saturated rings. The molecule has 0 aromatic carbocycles. The molecule has 3 rings (SSSR count). The van der Waals surface area contributed by atoms with Gasteiger partial charge in [0, 0.05) is 6.54 Å². The topological polar surface area (TPSA) is 53.7 Å². The van der Waals surface area contributed by atoms with Crippen LogP contribution in [0.15, 0.2) is 35.0 Å². The Morgan fingerprint density at radius 3 is 3.12 bits per heavy atom. The van der Waals surface area contributed by atoms with E-state index in [0.29, 0.717) is 13.2 Å². The third-order valence-electron chi connectivity index (χ3n) is 3.20. The molecule has 3 aliphatic heterocycles. The van der Waals surface area contributed by atoms with Crippen LogP contribution in [0.4, 0.5) is 0 Å². The van der Waals surface area contributed by atoms with E-state index in [2.05, 4.69) is 0 Å². The van der Waals surface area contributed by atoms with E-state index in [1.54, 1.807) is 6.26 Å². The van der Waals surface area contributed by atoms with E-state index in [-0.39, 0.29) is 31.7 Å². The lowest BCUT2D eigenvalue weighted by Gasteiger charge is -2.23. The van der Waals surface area contributed by atoms with Gasteiger partial charge in [-0.15, -0.1) is 12.4 Å². The fourth-order valence-corrected chi connectivity index (χ4v) is 2.31. The van der Waals surface area contributed by atoms with Gasteiger partial charge < -0.3 is 19.8 Å². The number of hydrogen-bond acceptors (Lipinski definition) is 4. The zero-order valence-corrected chi connectivity index (χ0v) is 10.4. The van der Waals surface area contributed by atoms with Gasteiger partial charge >= 0.3 is 7.12 Å². The van der Waals surface area contributed by atoms with Gasteiger partial charge in [-0.1, -0.05) is 0 Å². The van der Waals surface area contributed by atoms with Gasteiger partial charge in [-0.05, 0) is 35.7 Å². The number of hydrogen-bond donors (Lipinski definition) is 1. The molecule has 3 heterocycles. The summed E-state index contributed by atoms with van der Waals surface area (Å²) < 4.78 is 16.9. The third kappa shape index (κ3) is 2.04. The highest BCUT2D eigenvalue weighted by atomic mass is 35.5. The van der Waals surface area contributed by atoms with Crippen LogP contribution in [-0.2, 0) is 14.0 Å². The zero-order chi connectivity index (χ0) is 11.1. The Morgan fingerprint density at radius 1 is 1.53 bits per heavy atom. The Labute approximate surface area is 107 Å². The van der Waals surface area contributed by atoms with Crippen molar-refractivity contribution in [3.8, 4) is 0 Å². The van der Waals surface area contributed by atoms with Crippen LogP contribution in [0.2, 0.25) is 0 Å². The van der Waals surface area contributed by atoms with Crippen molar-refractivity contribution in [3.63, 3.8) is 0 Å². The molecule has 1 unspecified atom stereocenters. The van der Waals surface area contributed by atoms with Gasteiger partial charge in [-0.3, -0.25) is 0 Å². The summed E-state index contributed by atoms with van der Waals surface area (Å²) in [6.07, 6.45) is 5.73. The molecule has 2 atom stereocenters. The van der Waals surface area contributed by atoms with Crippen molar-refractivity contribution in [2.45, 2.75) is 19.1 Å². The lowest BCUT2D eigenvalue weighted by atomic mass is 9.70. The highest BCUT2D eigenvalue weighted by Crippen LogP contribution is 2.35. The van der Waals surface area contributed by atoms with Crippen molar-refractivity contribution in [2.75, 3.05) is 13.2 Å². The number of nitrogens with two attached hydrogens (primary N) is 1. The first-order valence-corrected chi connectivity index (χ1v) is 5.54. The van der Waals surface area contributed by atoms with Crippen LogP contribution < -0.4 is 5.73 Å². The number of rotatable bonds is 1. The minimum absolute atomic E-state index is 0. The Bertz CT molecular complexity index is 408. The molecule has 0 radical (unpaired) electrons. The maximum atomic E-state index is 5.73. The van der Waals surface area contributed by atoms with E-state index in [9.17, 15) is 0 Å². The zero-order valence-electron chi connectivity index (χ0n) is 9.59. The summed E-state index contributed by atoms with van der Waals surface area (Å²) >= 11 is 0. The SMILES string of the molecule is CC1OC=CC2=C[C@@H](CN)OB3OCC1=C32.Cl. The van der Waals surface area contributed by atoms with Crippen molar-refractivity contribution >= 4 is 19.5 Å². The summed E-state index contributed by atoms with van der Waals surface area (Å²) in [6, 6.07) is 0. The summed E-state index contributed by atoms with van der Waals surface area (Å²) in [6.45, 7) is 3.07. The van der Waals surface area contributed by atoms with Crippen LogP contribution >= 0.6 is 12.4 Å². The lowest BCUT2D eigenvalue weighted by molar-refractivity contribution is 0.165. The first-order valence-electron chi connectivity index (χ1n) is 5.54. The molecule has 0 aromatic heterocycles. The summed E-state index contributed by atoms with van der Waals surface area (Å²) in [5, 5.41) is 0. The van der Waals surface area contributed by atoms with E-state index in [0.717, 1.165) is 11.0 Å². The predicted octanol–water partition coefficient (Wildman–Crippen LogP) is 0.979. The Balaban J connectivity index is 0.00000108. The largest absolute Gasteiger partial charge is 0.495 e. The van der Waals surface area contributed by atoms with Gasteiger partial charge in [0.1, 0.15) is 6.10 Å². The quantitative estimate of drug-likeness (QED) is 0.710. The molecule has 0 spiro atoms. The molecule has 0 bridgehead atoms. The predicted molar refractivity (Wildman–Crippen MR) is 67.7 cm³/mol. The summed E-state index contributed by atoms with van der Waals surface area (Å²) in [5.41, 5.74) is 9.06. The standard InChI is InChI=1S/C11H14BNO3.ClH/c1-7-10-6-15-12-11(10)8(2-3-14-7)4-9(5-13)16-12;/h2-4,7,9H,5-6,13H2,1H3;1H/t7?,9-;/m0./s1. The highest BCUT2D eigenvalue weighted by Gasteiger charge is 2.41. The second kappa shape index (κ2) is 4.86. The Hall–Kier alpha value is -0.745. The molecule has 3 aliphatic rings. The molecule has 0 aromatic rings. The fraction of sp³-hybridized carbons (Fsp3) is 0.455. The van der Waals surface area contributed by atoms with Crippen molar-refractivity contribution in [1.29, 1.82) is 0 Å². The van der Waals surface area contributed by atoms with Crippen molar-refractivity contribution in [3.05, 3.63) is 35.0 Å². The summed E-state index contributed by atoms with van der Waals surface area (Å²) in [5.74, 6) is 0. The molecule has 2 N–H and O–H groups in total. The second-order valence-electron chi connectivity index (χ2n) is 4.20. The number of ether oxygens (including phenoxy) is 1. The van der Waals surface area contributed by atoms with Crippen molar-refractivity contribution in [2.24, 2.45) is 5.73 Å². The molecule has 0 amide bonds. The summed E-state index contributed by atoms with van der Waals surface area (Å²) in [7, 11) is -0.266. The van der Waals surface area contributed by atoms with E-state index in [4.69, 9.17) is 19.8 Å². The van der Waals surface area contributed by atoms with Crippen LogP contribution in [0.1, 0.15) is 6.92 Å². The first-order chi connectivity index (χ1) is 7.79. The molecule has 0 aliphatic carbocycles. The van der Waals surface area contributed by atoms with Crippen LogP contribution in [0.5, 0.6) is 0 Å². The van der Waals surface area contributed by atoms with Gasteiger partial charge in [0.15, 0.2) is 0 Å². The van der Waals surface area contributed by atoms with Crippen LogP contribution in [-0.4, -0.2) is 32.5 Å². The van der Waals surface area contributed by atoms with E-state index >= 15 is 0 Å². The molecular formula is C11H15BClNO3. The molecule has 6 heteroatoms. The average Bonchev–Trinajstić information content (AvgIpc) is 2.65. The maximum absolute atomic E-state index is 5.73. The molecule has 17 heavy (non-hydrogen) atoms. The molecule has 92 valence electrons. The highest BCUT2D eigenvalue weighted by molar-refractivity contribution is 6.57. The number of halogens is 1. The van der Waals surface area contributed by atoms with Gasteiger partial charge in [-0.2, -0.15) is 0 Å². The lowest BCUT2D eigenvalue weighted by Crippen LogP contribution is -2.36. The average molecular weight is 256 g/mol. The van der Waals surface area contributed by atoms with Gasteiger partial charge in [0.25, 0.3) is 0 Å². The minimum atomic E-state index is -0.266. The van der Waals surface area contributed by atoms with E-state index in [1.807, 2.05) is 19.1 Å². The van der Waals surface area contributed by atoms with Crippen LogP contribution in [0, 0.1) is 0 Å². The normalized spacial score (nSPS) is 30.2. The van der Waals surface area contributed by atoms with E-state index in [1.165, 1.54) is 5.57 Å². The van der Waals surface area contributed by atoms with Gasteiger partial charge in [0.2, 0.25) is 0 Å². The Morgan fingerprint density at radius 2 is 2.35 bits per heavy atom. The van der Waals surface area contributed by atoms with Crippen LogP contribution in [0.25, 0.3) is 0 Å². The minimum Gasteiger partial charge on any atom is -0.494 e. The van der Waals surface area contributed by atoms with Crippen molar-refractivity contribution < 1.29 is 14.0 Å². The van der Waals surface area contributed by atoms with E-state index < -0.39 is 0 Å². The number of allylic oxidation sites excluding steroid dienone is 3. The smallest absolute Gasteiger partial charge is 0.494 e. The van der Waals surface area contributed by atoms with Crippen LogP contribution in [0.3, 0.4) is 0 Å². The third-order valence-corrected chi connectivity index (χ3v) is 3.20. The first kappa shape index (κ1) is 12.7. The second-order valence-corrected chi connectivity index (χ2v) is 4.20. The molecule has 0 saturated carbocycles. The molecule has 4 nitrogen and oxygen atoms in total. The van der Waals surface area contributed by atoms with Gasteiger partial charge in [-0.25, -0.2) is 0 Å². The van der Waals surface area contributed by atoms with Gasteiger partial charge in [0.05, 0.1) is 19.0 Å². The Kier molecular flexibility index (Phi) is 3.63. The summed E-state index contributed by atoms with van der Waals surface area (Å²) in [4.78, 5) is 0. The fourth-order valence-electron chi connectivity index (χ4n) is 2.31. The monoisotopic (exact) mass is 255 g/mol.